The van der Waals surface area contributed by atoms with Crippen LogP contribution in [0.15, 0.2) is 170 Å². The Hall–Kier alpha value is -8.64. The lowest BCUT2D eigenvalue weighted by atomic mass is 10.1. The van der Waals surface area contributed by atoms with Gasteiger partial charge in [-0.05, 0) is 106 Å². The Morgan fingerprint density at radius 2 is 0.885 bits per heavy atom. The lowest BCUT2D eigenvalue weighted by molar-refractivity contribution is 0.0600. The molecule has 0 aliphatic heterocycles. The van der Waals surface area contributed by atoms with Crippen LogP contribution in [0.25, 0.3) is 21.5 Å². The first-order valence-corrected chi connectivity index (χ1v) is 18.8. The SMILES string of the molecule is COC(=O)c1ccccc1NC(=O)c1ccc(Oc2ccc3ccccc3c2)c(N)c1.Nc1cc(C(=O)Nc2ccccc2C(=O)O)ccc1Oc1ccc2ccccc2c1. The number of carbonyl (C=O) groups excluding carboxylic acids is 3. The topological polar surface area (TPSA) is 192 Å². The average molecular weight is 811 g/mol. The third kappa shape index (κ3) is 9.74. The van der Waals surface area contributed by atoms with Crippen LogP contribution in [0.3, 0.4) is 0 Å². The van der Waals surface area contributed by atoms with E-state index in [4.69, 9.17) is 25.7 Å². The first kappa shape index (κ1) is 40.6. The van der Waals surface area contributed by atoms with Crippen molar-refractivity contribution in [3.8, 4) is 23.0 Å². The minimum Gasteiger partial charge on any atom is -0.478 e. The lowest BCUT2D eigenvalue weighted by Crippen LogP contribution is -2.15. The minimum atomic E-state index is -1.12. The van der Waals surface area contributed by atoms with E-state index in [1.807, 2.05) is 84.9 Å². The van der Waals surface area contributed by atoms with E-state index in [1.165, 1.54) is 31.4 Å². The number of ether oxygens (including phenoxy) is 3. The molecule has 302 valence electrons. The van der Waals surface area contributed by atoms with Crippen molar-refractivity contribution in [1.82, 2.24) is 0 Å². The maximum Gasteiger partial charge on any atom is 0.339 e. The molecule has 12 nitrogen and oxygen atoms in total. The van der Waals surface area contributed by atoms with Crippen molar-refractivity contribution < 1.29 is 38.5 Å². The summed E-state index contributed by atoms with van der Waals surface area (Å²) < 4.78 is 16.6. The Bertz CT molecular complexity index is 2950. The highest BCUT2D eigenvalue weighted by molar-refractivity contribution is 6.09. The molecule has 0 fully saturated rings. The van der Waals surface area contributed by atoms with E-state index >= 15 is 0 Å². The molecule has 0 aliphatic carbocycles. The van der Waals surface area contributed by atoms with Crippen LogP contribution in [0.5, 0.6) is 23.0 Å². The van der Waals surface area contributed by atoms with Gasteiger partial charge in [0, 0.05) is 11.1 Å². The predicted molar refractivity (Wildman–Crippen MR) is 237 cm³/mol. The van der Waals surface area contributed by atoms with Gasteiger partial charge in [-0.2, -0.15) is 0 Å². The normalized spacial score (nSPS) is 10.5. The third-order valence-corrected chi connectivity index (χ3v) is 9.43. The van der Waals surface area contributed by atoms with E-state index in [0.717, 1.165) is 21.5 Å². The van der Waals surface area contributed by atoms with E-state index in [9.17, 15) is 24.3 Å². The average Bonchev–Trinajstić information content (AvgIpc) is 3.28. The number of carboxylic acid groups (broad SMARTS) is 1. The highest BCUT2D eigenvalue weighted by Gasteiger charge is 2.17. The number of benzene rings is 8. The number of anilines is 4. The molecule has 61 heavy (non-hydrogen) atoms. The highest BCUT2D eigenvalue weighted by atomic mass is 16.5. The van der Waals surface area contributed by atoms with E-state index in [2.05, 4.69) is 10.6 Å². The second-order valence-electron chi connectivity index (χ2n) is 13.5. The first-order valence-electron chi connectivity index (χ1n) is 18.8. The van der Waals surface area contributed by atoms with Gasteiger partial charge in [0.05, 0.1) is 41.0 Å². The van der Waals surface area contributed by atoms with Gasteiger partial charge in [0.25, 0.3) is 11.8 Å². The van der Waals surface area contributed by atoms with Crippen molar-refractivity contribution in [2.75, 3.05) is 29.2 Å². The molecule has 8 aromatic carbocycles. The van der Waals surface area contributed by atoms with Crippen molar-refractivity contribution >= 4 is 68.0 Å². The predicted octanol–water partition coefficient (Wildman–Crippen LogP) is 10.4. The molecule has 0 aliphatic rings. The second kappa shape index (κ2) is 18.3. The van der Waals surface area contributed by atoms with Gasteiger partial charge in [-0.15, -0.1) is 0 Å². The van der Waals surface area contributed by atoms with Crippen LogP contribution in [-0.4, -0.2) is 36.0 Å². The molecule has 0 radical (unpaired) electrons. The van der Waals surface area contributed by atoms with Crippen molar-refractivity contribution in [2.45, 2.75) is 0 Å². The van der Waals surface area contributed by atoms with Gasteiger partial charge in [0.1, 0.15) is 23.0 Å². The summed E-state index contributed by atoms with van der Waals surface area (Å²) in [5, 5.41) is 18.9. The maximum atomic E-state index is 12.7. The molecule has 0 atom stereocenters. The number of nitrogen functional groups attached to an aromatic ring is 2. The highest BCUT2D eigenvalue weighted by Crippen LogP contribution is 2.32. The smallest absolute Gasteiger partial charge is 0.339 e. The zero-order valence-electron chi connectivity index (χ0n) is 32.6. The summed E-state index contributed by atoms with van der Waals surface area (Å²) in [7, 11) is 1.29. The zero-order valence-corrected chi connectivity index (χ0v) is 32.6. The molecule has 0 heterocycles. The fourth-order valence-electron chi connectivity index (χ4n) is 6.33. The summed E-state index contributed by atoms with van der Waals surface area (Å²) in [4.78, 5) is 48.4. The van der Waals surface area contributed by atoms with Gasteiger partial charge in [-0.3, -0.25) is 9.59 Å². The Labute approximate surface area is 349 Å². The van der Waals surface area contributed by atoms with Gasteiger partial charge in [0.15, 0.2) is 0 Å². The van der Waals surface area contributed by atoms with Crippen molar-refractivity contribution in [1.29, 1.82) is 0 Å². The van der Waals surface area contributed by atoms with Gasteiger partial charge in [-0.1, -0.05) is 84.9 Å². The van der Waals surface area contributed by atoms with E-state index in [-0.39, 0.29) is 16.8 Å². The van der Waals surface area contributed by atoms with E-state index in [1.54, 1.807) is 60.7 Å². The molecule has 8 aromatic rings. The monoisotopic (exact) mass is 810 g/mol. The Morgan fingerprint density at radius 1 is 0.475 bits per heavy atom. The number of fused-ring (bicyclic) bond motifs is 2. The zero-order chi connectivity index (χ0) is 42.9. The number of methoxy groups -OCH3 is 1. The minimum absolute atomic E-state index is 0.00933. The largest absolute Gasteiger partial charge is 0.478 e. The fraction of sp³-hybridized carbons (Fsp3) is 0.0204. The van der Waals surface area contributed by atoms with Crippen molar-refractivity contribution in [3.05, 3.63) is 192 Å². The molecule has 7 N–H and O–H groups in total. The van der Waals surface area contributed by atoms with Gasteiger partial charge >= 0.3 is 11.9 Å². The number of hydrogen-bond acceptors (Lipinski definition) is 9. The van der Waals surface area contributed by atoms with Crippen molar-refractivity contribution in [3.63, 3.8) is 0 Å². The number of carboxylic acids is 1. The molecule has 0 aromatic heterocycles. The summed E-state index contributed by atoms with van der Waals surface area (Å²) in [5.41, 5.74) is 14.3. The van der Waals surface area contributed by atoms with Gasteiger partial charge in [0.2, 0.25) is 0 Å². The molecular formula is C49H38N4O8. The summed E-state index contributed by atoms with van der Waals surface area (Å²) in [6.07, 6.45) is 0. The Balaban J connectivity index is 0.000000184. The number of carbonyl (C=O) groups is 4. The summed E-state index contributed by atoms with van der Waals surface area (Å²) in [6.45, 7) is 0. The van der Waals surface area contributed by atoms with Gasteiger partial charge < -0.3 is 41.4 Å². The van der Waals surface area contributed by atoms with E-state index < -0.39 is 23.8 Å². The van der Waals surface area contributed by atoms with Crippen LogP contribution in [0.4, 0.5) is 22.7 Å². The van der Waals surface area contributed by atoms with Crippen LogP contribution in [0, 0.1) is 0 Å². The maximum absolute atomic E-state index is 12.7. The molecule has 2 amide bonds. The molecule has 0 saturated carbocycles. The molecule has 0 unspecified atom stereocenters. The number of nitrogens with one attached hydrogen (secondary N) is 2. The molecule has 8 rings (SSSR count). The number of amides is 2. The fourth-order valence-corrected chi connectivity index (χ4v) is 6.33. The molecular weight excluding hydrogens is 773 g/mol. The quantitative estimate of drug-likeness (QED) is 0.0656. The number of hydrogen-bond donors (Lipinski definition) is 5. The molecule has 0 saturated heterocycles. The van der Waals surface area contributed by atoms with Crippen LogP contribution >= 0.6 is 0 Å². The number of para-hydroxylation sites is 2. The first-order chi connectivity index (χ1) is 29.6. The molecule has 12 heteroatoms. The Morgan fingerprint density at radius 3 is 1.33 bits per heavy atom. The van der Waals surface area contributed by atoms with Crippen LogP contribution < -0.4 is 31.6 Å². The second-order valence-corrected chi connectivity index (χ2v) is 13.5. The molecule has 0 bridgehead atoms. The number of esters is 1. The molecule has 0 spiro atoms. The van der Waals surface area contributed by atoms with Crippen LogP contribution in [0.1, 0.15) is 41.4 Å². The van der Waals surface area contributed by atoms with Crippen LogP contribution in [-0.2, 0) is 4.74 Å². The van der Waals surface area contributed by atoms with Crippen LogP contribution in [0.2, 0.25) is 0 Å². The summed E-state index contributed by atoms with van der Waals surface area (Å²) >= 11 is 0. The van der Waals surface area contributed by atoms with Gasteiger partial charge in [-0.25, -0.2) is 9.59 Å². The summed E-state index contributed by atoms with van der Waals surface area (Å²) in [5.74, 6) is -0.371. The number of aromatic carboxylic acids is 1. The lowest BCUT2D eigenvalue weighted by Gasteiger charge is -2.12. The van der Waals surface area contributed by atoms with Crippen molar-refractivity contribution in [2.24, 2.45) is 0 Å². The standard InChI is InChI=1S/C25H20N2O4.C24H18N2O4/c1-30-25(29)20-8-4-5-9-22(20)27-24(28)18-11-13-23(21(26)15-18)31-19-12-10-16-6-2-3-7-17(16)14-19;25-20-14-17(23(27)26-21-8-4-3-7-19(21)24(28)29)10-12-22(20)30-18-11-9-15-5-1-2-6-16(15)13-18/h2-15H,26H2,1H3,(H,27,28);1-14H,25H2,(H,26,27)(H,28,29). The number of nitrogens with two attached hydrogens (primary N) is 2. The summed E-state index contributed by atoms with van der Waals surface area (Å²) in [6, 6.07) is 49.7. The Kier molecular flexibility index (Phi) is 12.2. The number of rotatable bonds is 10. The van der Waals surface area contributed by atoms with E-state index in [0.29, 0.717) is 51.2 Å². The third-order valence-electron chi connectivity index (χ3n) is 9.43.